The van der Waals surface area contributed by atoms with Crippen molar-refractivity contribution in [2.45, 2.75) is 0 Å². The van der Waals surface area contributed by atoms with E-state index in [9.17, 15) is 14.9 Å². The van der Waals surface area contributed by atoms with Crippen molar-refractivity contribution in [2.24, 2.45) is 0 Å². The number of anilines is 1. The zero-order chi connectivity index (χ0) is 17.7. The summed E-state index contributed by atoms with van der Waals surface area (Å²) in [5, 5.41) is 21.3. The van der Waals surface area contributed by atoms with E-state index in [1.54, 1.807) is 18.2 Å². The van der Waals surface area contributed by atoms with Crippen LogP contribution in [-0.2, 0) is 4.79 Å². The molecule has 0 heterocycles. The van der Waals surface area contributed by atoms with Gasteiger partial charge in [-0.15, -0.1) is 0 Å². The lowest BCUT2D eigenvalue weighted by Gasteiger charge is -2.05. The molecule has 5 nitrogen and oxygen atoms in total. The normalized spacial score (nSPS) is 10.8. The van der Waals surface area contributed by atoms with Crippen molar-refractivity contribution >= 4 is 46.8 Å². The molecule has 0 atom stereocenters. The zero-order valence-electron chi connectivity index (χ0n) is 12.1. The molecule has 0 aromatic heterocycles. The second-order valence-corrected chi connectivity index (χ2v) is 5.50. The molecule has 1 amide bonds. The topological polar surface area (TPSA) is 90.2 Å². The van der Waals surface area contributed by atoms with E-state index in [4.69, 9.17) is 28.3 Å². The van der Waals surface area contributed by atoms with Gasteiger partial charge in [0.2, 0.25) is 0 Å². The lowest BCUT2D eigenvalue weighted by molar-refractivity contribution is -0.112. The Balaban J connectivity index is 2.24. The molecule has 2 aromatic carbocycles. The summed E-state index contributed by atoms with van der Waals surface area (Å²) in [6.07, 6.45) is 1.36. The number of benzene rings is 2. The third-order valence-electron chi connectivity index (χ3n) is 2.99. The average Bonchev–Trinajstić information content (AvgIpc) is 2.55. The summed E-state index contributed by atoms with van der Waals surface area (Å²) in [7, 11) is 0. The van der Waals surface area contributed by atoms with E-state index in [1.165, 1.54) is 36.4 Å². The number of amides is 1. The fourth-order valence-electron chi connectivity index (χ4n) is 1.85. The smallest absolute Gasteiger partial charge is 0.335 e. The minimum Gasteiger partial charge on any atom is -0.478 e. The number of hydrogen-bond acceptors (Lipinski definition) is 3. The van der Waals surface area contributed by atoms with E-state index >= 15 is 0 Å². The number of nitrogens with one attached hydrogen (secondary N) is 1. The number of halogens is 2. The highest BCUT2D eigenvalue weighted by Crippen LogP contribution is 2.24. The molecule has 7 heteroatoms. The summed E-state index contributed by atoms with van der Waals surface area (Å²) in [4.78, 5) is 23.1. The van der Waals surface area contributed by atoms with E-state index in [0.29, 0.717) is 15.6 Å². The summed E-state index contributed by atoms with van der Waals surface area (Å²) >= 11 is 11.7. The molecule has 2 rings (SSSR count). The number of carboxylic acids is 1. The highest BCUT2D eigenvalue weighted by atomic mass is 35.5. The van der Waals surface area contributed by atoms with E-state index < -0.39 is 11.9 Å². The summed E-state index contributed by atoms with van der Waals surface area (Å²) < 4.78 is 0. The molecule has 2 aromatic rings. The summed E-state index contributed by atoms with van der Waals surface area (Å²) in [5.41, 5.74) is 0.680. The lowest BCUT2D eigenvalue weighted by Crippen LogP contribution is -2.13. The predicted molar refractivity (Wildman–Crippen MR) is 92.1 cm³/mol. The number of rotatable bonds is 4. The van der Waals surface area contributed by atoms with Gasteiger partial charge < -0.3 is 10.4 Å². The molecule has 0 saturated carbocycles. The van der Waals surface area contributed by atoms with Gasteiger partial charge in [-0.3, -0.25) is 4.79 Å². The van der Waals surface area contributed by atoms with Gasteiger partial charge in [0.1, 0.15) is 11.6 Å². The van der Waals surface area contributed by atoms with Gasteiger partial charge in [-0.05, 0) is 42.0 Å². The first-order chi connectivity index (χ1) is 11.4. The number of carbonyl (C=O) groups excluding carboxylic acids is 1. The number of nitriles is 1. The largest absolute Gasteiger partial charge is 0.478 e. The number of aromatic carboxylic acids is 1. The molecule has 0 fully saturated rings. The molecule has 0 spiro atoms. The van der Waals surface area contributed by atoms with Crippen molar-refractivity contribution in [3.8, 4) is 6.07 Å². The van der Waals surface area contributed by atoms with Crippen LogP contribution in [0.1, 0.15) is 15.9 Å². The van der Waals surface area contributed by atoms with Gasteiger partial charge in [-0.1, -0.05) is 35.3 Å². The predicted octanol–water partition coefficient (Wildman–Crippen LogP) is 4.24. The highest BCUT2D eigenvalue weighted by Gasteiger charge is 2.11. The Labute approximate surface area is 147 Å². The van der Waals surface area contributed by atoms with Crippen LogP contribution in [-0.4, -0.2) is 17.0 Å². The quantitative estimate of drug-likeness (QED) is 0.630. The number of nitrogens with zero attached hydrogens (tertiary/aromatic N) is 1. The Kier molecular flexibility index (Phi) is 5.59. The molecular formula is C17H10Cl2N2O3. The Hall–Kier alpha value is -2.81. The van der Waals surface area contributed by atoms with Crippen molar-refractivity contribution in [2.75, 3.05) is 5.32 Å². The first-order valence-electron chi connectivity index (χ1n) is 6.62. The van der Waals surface area contributed by atoms with Gasteiger partial charge in [0.25, 0.3) is 5.91 Å². The van der Waals surface area contributed by atoms with Crippen LogP contribution in [0.3, 0.4) is 0 Å². The molecule has 0 radical (unpaired) electrons. The summed E-state index contributed by atoms with van der Waals surface area (Å²) in [6, 6.07) is 12.2. The van der Waals surface area contributed by atoms with Crippen LogP contribution in [0.5, 0.6) is 0 Å². The first kappa shape index (κ1) is 17.5. The monoisotopic (exact) mass is 360 g/mol. The van der Waals surface area contributed by atoms with E-state index in [2.05, 4.69) is 5.32 Å². The molecule has 0 aliphatic carbocycles. The van der Waals surface area contributed by atoms with Crippen LogP contribution in [0.25, 0.3) is 6.08 Å². The molecule has 0 bridgehead atoms. The SMILES string of the molecule is N#CC(=Cc1ccc(Cl)c(Cl)c1)C(=O)Nc1cccc(C(=O)O)c1. The summed E-state index contributed by atoms with van der Waals surface area (Å²) in [5.74, 6) is -1.77. The third kappa shape index (κ3) is 4.35. The average molecular weight is 361 g/mol. The van der Waals surface area contributed by atoms with Crippen LogP contribution < -0.4 is 5.32 Å². The molecule has 0 unspecified atom stereocenters. The minimum absolute atomic E-state index is 0.0276. The van der Waals surface area contributed by atoms with E-state index in [0.717, 1.165) is 0 Å². The number of carbonyl (C=O) groups is 2. The van der Waals surface area contributed by atoms with Crippen LogP contribution in [0, 0.1) is 11.3 Å². The van der Waals surface area contributed by atoms with Gasteiger partial charge >= 0.3 is 5.97 Å². The Morgan fingerprint density at radius 1 is 1.12 bits per heavy atom. The van der Waals surface area contributed by atoms with Crippen molar-refractivity contribution < 1.29 is 14.7 Å². The second-order valence-electron chi connectivity index (χ2n) is 4.68. The zero-order valence-corrected chi connectivity index (χ0v) is 13.6. The van der Waals surface area contributed by atoms with Crippen molar-refractivity contribution in [3.63, 3.8) is 0 Å². The number of carboxylic acid groups (broad SMARTS) is 1. The van der Waals surface area contributed by atoms with Gasteiger partial charge in [-0.2, -0.15) is 5.26 Å². The van der Waals surface area contributed by atoms with E-state index in [-0.39, 0.29) is 16.8 Å². The van der Waals surface area contributed by atoms with E-state index in [1.807, 2.05) is 0 Å². The van der Waals surface area contributed by atoms with Gasteiger partial charge in [0, 0.05) is 5.69 Å². The minimum atomic E-state index is -1.11. The molecule has 0 saturated heterocycles. The van der Waals surface area contributed by atoms with Gasteiger partial charge in [0.15, 0.2) is 0 Å². The van der Waals surface area contributed by atoms with Crippen LogP contribution >= 0.6 is 23.2 Å². The maximum atomic E-state index is 12.2. The Morgan fingerprint density at radius 2 is 1.88 bits per heavy atom. The van der Waals surface area contributed by atoms with Gasteiger partial charge in [0.05, 0.1) is 15.6 Å². The lowest BCUT2D eigenvalue weighted by atomic mass is 10.1. The Bertz CT molecular complexity index is 886. The molecule has 120 valence electrons. The van der Waals surface area contributed by atoms with Gasteiger partial charge in [-0.25, -0.2) is 4.79 Å². The molecule has 2 N–H and O–H groups in total. The Morgan fingerprint density at radius 3 is 2.50 bits per heavy atom. The third-order valence-corrected chi connectivity index (χ3v) is 3.73. The highest BCUT2D eigenvalue weighted by molar-refractivity contribution is 6.42. The molecule has 0 aliphatic rings. The van der Waals surface area contributed by atoms with Crippen molar-refractivity contribution in [3.05, 3.63) is 69.2 Å². The van der Waals surface area contributed by atoms with Crippen LogP contribution in [0.15, 0.2) is 48.0 Å². The van der Waals surface area contributed by atoms with Crippen LogP contribution in [0.2, 0.25) is 10.0 Å². The molecule has 0 aliphatic heterocycles. The van der Waals surface area contributed by atoms with Crippen LogP contribution in [0.4, 0.5) is 5.69 Å². The van der Waals surface area contributed by atoms with Crippen molar-refractivity contribution in [1.29, 1.82) is 5.26 Å². The maximum absolute atomic E-state index is 12.2. The standard InChI is InChI=1S/C17H10Cl2N2O3/c18-14-5-4-10(7-15(14)19)6-12(9-20)16(22)21-13-3-1-2-11(8-13)17(23)24/h1-8H,(H,21,22)(H,23,24). The fourth-order valence-corrected chi connectivity index (χ4v) is 2.15. The summed E-state index contributed by atoms with van der Waals surface area (Å²) in [6.45, 7) is 0. The number of hydrogen-bond donors (Lipinski definition) is 2. The molecular weight excluding hydrogens is 351 g/mol. The maximum Gasteiger partial charge on any atom is 0.335 e. The second kappa shape index (κ2) is 7.64. The van der Waals surface area contributed by atoms with Crippen molar-refractivity contribution in [1.82, 2.24) is 0 Å². The fraction of sp³-hybridized carbons (Fsp3) is 0. The first-order valence-corrected chi connectivity index (χ1v) is 7.38. The molecule has 24 heavy (non-hydrogen) atoms.